The number of rotatable bonds is 7. The molecule has 4 rings (SSSR count). The maximum atomic E-state index is 13.4. The maximum Gasteiger partial charge on any atom is 0.321 e. The van der Waals surface area contributed by atoms with Crippen molar-refractivity contribution in [2.75, 3.05) is 49.8 Å². The fourth-order valence-electron chi connectivity index (χ4n) is 4.29. The number of sulfonamides is 1. The normalized spacial score (nSPS) is 19.5. The summed E-state index contributed by atoms with van der Waals surface area (Å²) in [5, 5.41) is 12.6. The van der Waals surface area contributed by atoms with Gasteiger partial charge in [-0.2, -0.15) is 0 Å². The highest BCUT2D eigenvalue weighted by Crippen LogP contribution is 2.36. The predicted molar refractivity (Wildman–Crippen MR) is 140 cm³/mol. The first-order valence-corrected chi connectivity index (χ1v) is 14.0. The number of likely N-dealkylation sites (N-methyl/N-ethyl adjacent to an activating group) is 1. The summed E-state index contributed by atoms with van der Waals surface area (Å²) in [7, 11) is -2.07. The van der Waals surface area contributed by atoms with Crippen molar-refractivity contribution in [2.24, 2.45) is 5.92 Å². The number of urea groups is 1. The minimum Gasteiger partial charge on any atom is -0.485 e. The van der Waals surface area contributed by atoms with E-state index < -0.39 is 34.1 Å². The Balaban J connectivity index is 1.61. The van der Waals surface area contributed by atoms with Gasteiger partial charge in [-0.15, -0.1) is 0 Å². The Kier molecular flexibility index (Phi) is 7.88. The molecule has 2 aliphatic heterocycles. The van der Waals surface area contributed by atoms with Crippen LogP contribution in [-0.2, 0) is 10.0 Å². The van der Waals surface area contributed by atoms with Crippen molar-refractivity contribution < 1.29 is 37.3 Å². The van der Waals surface area contributed by atoms with Crippen LogP contribution in [0.1, 0.15) is 24.2 Å². The first-order valence-electron chi connectivity index (χ1n) is 12.1. The third kappa shape index (κ3) is 6.05. The number of carbonyl (C=O) groups is 2. The molecule has 12 nitrogen and oxygen atoms in total. The quantitative estimate of drug-likeness (QED) is 0.477. The second kappa shape index (κ2) is 11.0. The van der Waals surface area contributed by atoms with Gasteiger partial charge in [0.2, 0.25) is 16.8 Å². The number of para-hydroxylation sites is 1. The van der Waals surface area contributed by atoms with E-state index in [1.54, 1.807) is 44.3 Å². The molecular weight excluding hydrogens is 516 g/mol. The second-order valence-corrected chi connectivity index (χ2v) is 11.3. The zero-order valence-electron chi connectivity index (χ0n) is 21.6. The van der Waals surface area contributed by atoms with Gasteiger partial charge in [-0.05, 0) is 31.2 Å². The summed E-state index contributed by atoms with van der Waals surface area (Å²) in [5.74, 6) is 0.527. The van der Waals surface area contributed by atoms with Crippen LogP contribution in [0.3, 0.4) is 0 Å². The third-order valence-corrected chi connectivity index (χ3v) is 7.00. The van der Waals surface area contributed by atoms with Crippen molar-refractivity contribution in [2.45, 2.75) is 26.0 Å². The van der Waals surface area contributed by atoms with E-state index in [0.29, 0.717) is 17.2 Å². The minimum atomic E-state index is -3.68. The van der Waals surface area contributed by atoms with Gasteiger partial charge in [-0.1, -0.05) is 13.0 Å². The molecule has 0 aliphatic carbocycles. The zero-order chi connectivity index (χ0) is 27.6. The summed E-state index contributed by atoms with van der Waals surface area (Å²) < 4.78 is 43.4. The Hall–Kier alpha value is -3.71. The molecule has 3 amide bonds. The number of hydrogen-bond donors (Lipinski definition) is 3. The van der Waals surface area contributed by atoms with E-state index in [4.69, 9.17) is 14.2 Å². The summed E-state index contributed by atoms with van der Waals surface area (Å²) in [6.07, 6.45) is 0.385. The van der Waals surface area contributed by atoms with Gasteiger partial charge in [0.15, 0.2) is 17.2 Å². The fraction of sp³-hybridized carbons (Fsp3) is 0.440. The number of anilines is 2. The molecule has 3 atom stereocenters. The molecule has 13 heteroatoms. The number of fused-ring (bicyclic) bond motifs is 2. The molecule has 2 aromatic rings. The number of nitrogens with zero attached hydrogens (tertiary/aromatic N) is 2. The summed E-state index contributed by atoms with van der Waals surface area (Å²) >= 11 is 0. The van der Waals surface area contributed by atoms with Crippen LogP contribution in [-0.4, -0.2) is 87.2 Å². The van der Waals surface area contributed by atoms with Gasteiger partial charge < -0.3 is 34.4 Å². The lowest BCUT2D eigenvalue weighted by Crippen LogP contribution is -2.50. The van der Waals surface area contributed by atoms with Gasteiger partial charge in [0, 0.05) is 31.3 Å². The first kappa shape index (κ1) is 27.3. The number of aliphatic hydroxyl groups excluding tert-OH is 1. The van der Waals surface area contributed by atoms with Crippen molar-refractivity contribution in [3.63, 3.8) is 0 Å². The van der Waals surface area contributed by atoms with Crippen molar-refractivity contribution >= 4 is 33.3 Å². The maximum absolute atomic E-state index is 13.4. The molecule has 2 aromatic carbocycles. The van der Waals surface area contributed by atoms with E-state index in [1.165, 1.54) is 15.9 Å². The average Bonchev–Trinajstić information content (AvgIpc) is 3.33. The molecule has 0 radical (unpaired) electrons. The number of hydrogen-bond acceptors (Lipinski definition) is 8. The molecule has 0 aromatic heterocycles. The Morgan fingerprint density at radius 1 is 1.24 bits per heavy atom. The van der Waals surface area contributed by atoms with E-state index in [2.05, 4.69) is 10.0 Å². The number of ether oxygens (including phenoxy) is 3. The first-order chi connectivity index (χ1) is 18.0. The van der Waals surface area contributed by atoms with Gasteiger partial charge in [0.05, 0.1) is 36.7 Å². The van der Waals surface area contributed by atoms with Crippen LogP contribution in [0.2, 0.25) is 0 Å². The van der Waals surface area contributed by atoms with Gasteiger partial charge in [-0.25, -0.2) is 13.2 Å². The minimum absolute atomic E-state index is 0.0687. The van der Waals surface area contributed by atoms with E-state index in [9.17, 15) is 23.1 Å². The van der Waals surface area contributed by atoms with E-state index in [1.807, 2.05) is 6.92 Å². The molecule has 0 unspecified atom stereocenters. The molecule has 0 bridgehead atoms. The smallest absolute Gasteiger partial charge is 0.321 e. The number of amides is 3. The van der Waals surface area contributed by atoms with E-state index in [-0.39, 0.29) is 49.4 Å². The van der Waals surface area contributed by atoms with Gasteiger partial charge in [0.25, 0.3) is 5.91 Å². The molecule has 2 heterocycles. The number of carbonyl (C=O) groups excluding carboxylic acids is 2. The van der Waals surface area contributed by atoms with Gasteiger partial charge in [0.1, 0.15) is 6.10 Å². The lowest BCUT2D eigenvalue weighted by molar-refractivity contribution is 0.0373. The monoisotopic (exact) mass is 548 g/mol. The fourth-order valence-corrected chi connectivity index (χ4v) is 4.85. The Bertz CT molecular complexity index is 1320. The van der Waals surface area contributed by atoms with E-state index >= 15 is 0 Å². The van der Waals surface area contributed by atoms with Crippen molar-refractivity contribution in [1.29, 1.82) is 0 Å². The lowest BCUT2D eigenvalue weighted by atomic mass is 9.99. The van der Waals surface area contributed by atoms with Crippen molar-refractivity contribution in [1.82, 2.24) is 9.80 Å². The van der Waals surface area contributed by atoms with Crippen LogP contribution in [0.5, 0.6) is 17.2 Å². The van der Waals surface area contributed by atoms with Gasteiger partial charge >= 0.3 is 6.03 Å². The largest absolute Gasteiger partial charge is 0.485 e. The summed E-state index contributed by atoms with van der Waals surface area (Å²) in [6.45, 7) is 3.85. The highest BCUT2D eigenvalue weighted by atomic mass is 32.2. The topological polar surface area (TPSA) is 147 Å². The van der Waals surface area contributed by atoms with Gasteiger partial charge in [-0.3, -0.25) is 9.52 Å². The number of benzene rings is 2. The SMILES string of the molecule is C[C@@H]1CN([C@@H](C)CO)C(=O)c2cccc(NS(C)(=O)=O)c2O[C@H]1CN(C)C(=O)Nc1ccc2c(c1)OCO2. The Labute approximate surface area is 221 Å². The number of aliphatic hydroxyl groups is 1. The molecular formula is C25H32N4O8S. The molecule has 0 saturated heterocycles. The van der Waals surface area contributed by atoms with E-state index in [0.717, 1.165) is 6.26 Å². The van der Waals surface area contributed by atoms with Crippen LogP contribution in [0.4, 0.5) is 16.2 Å². The van der Waals surface area contributed by atoms with Crippen LogP contribution < -0.4 is 24.2 Å². The summed E-state index contributed by atoms with van der Waals surface area (Å²) in [4.78, 5) is 29.4. The molecule has 3 N–H and O–H groups in total. The van der Waals surface area contributed by atoms with Crippen LogP contribution >= 0.6 is 0 Å². The Morgan fingerprint density at radius 2 is 1.97 bits per heavy atom. The average molecular weight is 549 g/mol. The lowest BCUT2D eigenvalue weighted by Gasteiger charge is -2.38. The van der Waals surface area contributed by atoms with Crippen molar-refractivity contribution in [3.8, 4) is 17.2 Å². The standard InChI is InChI=1S/C25H32N4O8S/c1-15-11-29(16(2)13-30)24(31)18-6-5-7-19(27-38(4,33)34)23(18)37-22(15)12-28(3)25(32)26-17-8-9-20-21(10-17)36-14-35-20/h5-10,15-16,22,27,30H,11-14H2,1-4H3,(H,26,32)/t15-,16+,22+/m1/s1. The van der Waals surface area contributed by atoms with Crippen molar-refractivity contribution in [3.05, 3.63) is 42.0 Å². The van der Waals surface area contributed by atoms with Crippen LogP contribution in [0.15, 0.2) is 36.4 Å². The molecule has 0 fully saturated rings. The number of nitrogens with one attached hydrogen (secondary N) is 2. The van der Waals surface area contributed by atoms with Crippen LogP contribution in [0, 0.1) is 5.92 Å². The Morgan fingerprint density at radius 3 is 2.68 bits per heavy atom. The molecule has 206 valence electrons. The second-order valence-electron chi connectivity index (χ2n) is 9.56. The molecule has 38 heavy (non-hydrogen) atoms. The zero-order valence-corrected chi connectivity index (χ0v) is 22.4. The molecule has 0 saturated carbocycles. The summed E-state index contributed by atoms with van der Waals surface area (Å²) in [5.41, 5.74) is 0.793. The highest BCUT2D eigenvalue weighted by Gasteiger charge is 2.35. The highest BCUT2D eigenvalue weighted by molar-refractivity contribution is 7.92. The predicted octanol–water partition coefficient (Wildman–Crippen LogP) is 2.17. The van der Waals surface area contributed by atoms with Crippen LogP contribution in [0.25, 0.3) is 0 Å². The molecule has 0 spiro atoms. The third-order valence-electron chi connectivity index (χ3n) is 6.41. The summed E-state index contributed by atoms with van der Waals surface area (Å²) in [6, 6.07) is 8.79. The molecule has 2 aliphatic rings.